The lowest BCUT2D eigenvalue weighted by molar-refractivity contribution is -0.394. The molecular weight excluding hydrogens is 428 g/mol. The van der Waals surface area contributed by atoms with Crippen LogP contribution in [-0.2, 0) is 9.53 Å². The van der Waals surface area contributed by atoms with Gasteiger partial charge in [0.15, 0.2) is 0 Å². The van der Waals surface area contributed by atoms with Crippen molar-refractivity contribution in [1.29, 1.82) is 0 Å². The van der Waals surface area contributed by atoms with Crippen LogP contribution in [0.2, 0.25) is 0 Å². The lowest BCUT2D eigenvalue weighted by Crippen LogP contribution is -1.97. The van der Waals surface area contributed by atoms with Gasteiger partial charge in [-0.15, -0.1) is 0 Å². The highest BCUT2D eigenvalue weighted by atomic mass is 16.6. The van der Waals surface area contributed by atoms with E-state index in [1.165, 1.54) is 6.07 Å². The first-order valence-electron chi connectivity index (χ1n) is 9.73. The smallest absolute Gasteiger partial charge is 0.343 e. The Balaban J connectivity index is 1.54. The molecule has 0 spiro atoms. The second-order valence-electron chi connectivity index (χ2n) is 7.20. The van der Waals surface area contributed by atoms with Crippen LogP contribution in [0.3, 0.4) is 0 Å². The number of non-ortho nitro benzene ring substituents is 1. The predicted octanol–water partition coefficient (Wildman–Crippen LogP) is 5.59. The van der Waals surface area contributed by atoms with Crippen molar-refractivity contribution >= 4 is 29.2 Å². The standard InChI is InChI=1S/C24H16N2O7/c1-15-2-6-17(7-3-15)23-13-18(24(27)33-23)12-16-4-9-20(10-5-16)32-22-11-8-19(25(28)29)14-21(22)26(30)31/h2-14H,1H3/b18-12+. The van der Waals surface area contributed by atoms with Gasteiger partial charge < -0.3 is 9.47 Å². The number of esters is 1. The zero-order valence-electron chi connectivity index (χ0n) is 17.3. The van der Waals surface area contributed by atoms with Crippen LogP contribution >= 0.6 is 0 Å². The molecule has 0 aromatic heterocycles. The molecule has 0 atom stereocenters. The molecule has 9 heteroatoms. The first kappa shape index (κ1) is 21.4. The number of benzene rings is 3. The fraction of sp³-hybridized carbons (Fsp3) is 0.0417. The minimum atomic E-state index is -0.745. The van der Waals surface area contributed by atoms with E-state index in [4.69, 9.17) is 9.47 Å². The number of aryl methyl sites for hydroxylation is 1. The third kappa shape index (κ3) is 4.77. The van der Waals surface area contributed by atoms with Crippen LogP contribution in [0.15, 0.2) is 78.4 Å². The highest BCUT2D eigenvalue weighted by Crippen LogP contribution is 2.34. The summed E-state index contributed by atoms with van der Waals surface area (Å²) >= 11 is 0. The maximum absolute atomic E-state index is 12.2. The number of carbonyl (C=O) groups excluding carboxylic acids is 1. The third-order valence-electron chi connectivity index (χ3n) is 4.84. The first-order chi connectivity index (χ1) is 15.8. The van der Waals surface area contributed by atoms with Crippen LogP contribution in [0.25, 0.3) is 11.8 Å². The van der Waals surface area contributed by atoms with Crippen molar-refractivity contribution in [2.45, 2.75) is 6.92 Å². The van der Waals surface area contributed by atoms with Crippen molar-refractivity contribution in [3.63, 3.8) is 0 Å². The third-order valence-corrected chi connectivity index (χ3v) is 4.84. The number of rotatable bonds is 6. The Kier molecular flexibility index (Phi) is 5.69. The zero-order valence-corrected chi connectivity index (χ0v) is 17.3. The minimum absolute atomic E-state index is 0.123. The molecule has 164 valence electrons. The van der Waals surface area contributed by atoms with Gasteiger partial charge in [-0.2, -0.15) is 0 Å². The Morgan fingerprint density at radius 3 is 2.24 bits per heavy atom. The molecule has 0 N–H and O–H groups in total. The summed E-state index contributed by atoms with van der Waals surface area (Å²) < 4.78 is 10.9. The van der Waals surface area contributed by atoms with E-state index in [1.54, 1.807) is 36.4 Å². The topological polar surface area (TPSA) is 122 Å². The van der Waals surface area contributed by atoms with Crippen LogP contribution in [0.5, 0.6) is 11.5 Å². The largest absolute Gasteiger partial charge is 0.450 e. The molecule has 0 amide bonds. The summed E-state index contributed by atoms with van der Waals surface area (Å²) in [6.07, 6.45) is 3.32. The normalized spacial score (nSPS) is 14.0. The predicted molar refractivity (Wildman–Crippen MR) is 119 cm³/mol. The van der Waals surface area contributed by atoms with Crippen LogP contribution in [-0.4, -0.2) is 15.8 Å². The van der Waals surface area contributed by atoms with E-state index in [2.05, 4.69) is 0 Å². The zero-order chi connectivity index (χ0) is 23.5. The molecule has 0 saturated heterocycles. The highest BCUT2D eigenvalue weighted by molar-refractivity contribution is 6.05. The van der Waals surface area contributed by atoms with Crippen LogP contribution in [0.1, 0.15) is 16.7 Å². The monoisotopic (exact) mass is 444 g/mol. The molecule has 0 aliphatic carbocycles. The molecule has 0 fully saturated rings. The van der Waals surface area contributed by atoms with Gasteiger partial charge in [0.25, 0.3) is 5.69 Å². The Morgan fingerprint density at radius 1 is 0.909 bits per heavy atom. The first-order valence-corrected chi connectivity index (χ1v) is 9.73. The minimum Gasteiger partial charge on any atom is -0.450 e. The average molecular weight is 444 g/mol. The maximum Gasteiger partial charge on any atom is 0.343 e. The molecule has 1 heterocycles. The van der Waals surface area contributed by atoms with Gasteiger partial charge in [0.2, 0.25) is 5.75 Å². The van der Waals surface area contributed by atoms with Crippen molar-refractivity contribution in [3.8, 4) is 11.5 Å². The van der Waals surface area contributed by atoms with Gasteiger partial charge in [-0.1, -0.05) is 42.0 Å². The van der Waals surface area contributed by atoms with E-state index in [0.29, 0.717) is 22.6 Å². The average Bonchev–Trinajstić information content (AvgIpc) is 3.15. The molecule has 0 radical (unpaired) electrons. The number of nitrogens with zero attached hydrogens (tertiary/aromatic N) is 2. The Labute approximate surface area is 187 Å². The Bertz CT molecular complexity index is 1320. The van der Waals surface area contributed by atoms with Gasteiger partial charge in [0, 0.05) is 11.6 Å². The quantitative estimate of drug-likeness (QED) is 0.210. The van der Waals surface area contributed by atoms with E-state index in [9.17, 15) is 25.0 Å². The van der Waals surface area contributed by atoms with Crippen LogP contribution in [0, 0.1) is 27.2 Å². The molecule has 0 bridgehead atoms. The fourth-order valence-corrected chi connectivity index (χ4v) is 3.14. The van der Waals surface area contributed by atoms with Gasteiger partial charge >= 0.3 is 11.7 Å². The summed E-state index contributed by atoms with van der Waals surface area (Å²) in [5.74, 6) is 0.171. The maximum atomic E-state index is 12.2. The summed E-state index contributed by atoms with van der Waals surface area (Å²) in [7, 11) is 0. The number of nitro groups is 2. The van der Waals surface area contributed by atoms with Crippen LogP contribution in [0.4, 0.5) is 11.4 Å². The second kappa shape index (κ2) is 8.75. The van der Waals surface area contributed by atoms with E-state index < -0.39 is 27.2 Å². The van der Waals surface area contributed by atoms with Crippen molar-refractivity contribution in [1.82, 2.24) is 0 Å². The van der Waals surface area contributed by atoms with Gasteiger partial charge in [0.05, 0.1) is 21.5 Å². The van der Waals surface area contributed by atoms with Crippen molar-refractivity contribution < 1.29 is 24.1 Å². The second-order valence-corrected chi connectivity index (χ2v) is 7.20. The molecule has 3 aromatic rings. The van der Waals surface area contributed by atoms with Crippen molar-refractivity contribution in [2.24, 2.45) is 0 Å². The Hall–Kier alpha value is -4.79. The summed E-state index contributed by atoms with van der Waals surface area (Å²) in [5.41, 5.74) is 2.04. The summed E-state index contributed by atoms with van der Waals surface area (Å²) in [5, 5.41) is 22.1. The number of cyclic esters (lactones) is 1. The molecule has 1 aliphatic rings. The molecule has 1 aliphatic heterocycles. The number of ether oxygens (including phenoxy) is 2. The summed E-state index contributed by atoms with van der Waals surface area (Å²) in [6.45, 7) is 1.97. The molecule has 3 aromatic carbocycles. The van der Waals surface area contributed by atoms with Gasteiger partial charge in [-0.3, -0.25) is 20.2 Å². The molecule has 4 rings (SSSR count). The van der Waals surface area contributed by atoms with E-state index in [1.807, 2.05) is 31.2 Å². The SMILES string of the molecule is Cc1ccc(C2=C/C(=C\c3ccc(Oc4ccc([N+](=O)[O-])cc4[N+](=O)[O-])cc3)C(=O)O2)cc1. The lowest BCUT2D eigenvalue weighted by Gasteiger charge is -2.06. The number of hydrogen-bond donors (Lipinski definition) is 0. The highest BCUT2D eigenvalue weighted by Gasteiger charge is 2.23. The van der Waals surface area contributed by atoms with Crippen molar-refractivity contribution in [3.05, 3.63) is 115 Å². The molecule has 0 unspecified atom stereocenters. The van der Waals surface area contributed by atoms with Gasteiger partial charge in [0.1, 0.15) is 11.5 Å². The molecule has 9 nitrogen and oxygen atoms in total. The molecular formula is C24H16N2O7. The summed E-state index contributed by atoms with van der Waals surface area (Å²) in [6, 6.07) is 17.3. The fourth-order valence-electron chi connectivity index (χ4n) is 3.14. The van der Waals surface area contributed by atoms with E-state index in [-0.39, 0.29) is 5.75 Å². The number of carbonyl (C=O) groups is 1. The number of nitro benzene ring substituents is 2. The lowest BCUT2D eigenvalue weighted by atomic mass is 10.1. The van der Waals surface area contributed by atoms with Gasteiger partial charge in [-0.25, -0.2) is 4.79 Å². The summed E-state index contributed by atoms with van der Waals surface area (Å²) in [4.78, 5) is 32.9. The van der Waals surface area contributed by atoms with E-state index >= 15 is 0 Å². The Morgan fingerprint density at radius 2 is 1.61 bits per heavy atom. The molecule has 0 saturated carbocycles. The van der Waals surface area contributed by atoms with Crippen LogP contribution < -0.4 is 4.74 Å². The van der Waals surface area contributed by atoms with Crippen molar-refractivity contribution in [2.75, 3.05) is 0 Å². The van der Waals surface area contributed by atoms with Gasteiger partial charge in [-0.05, 0) is 42.8 Å². The number of hydrogen-bond acceptors (Lipinski definition) is 7. The van der Waals surface area contributed by atoms with E-state index in [0.717, 1.165) is 23.3 Å². The molecule has 33 heavy (non-hydrogen) atoms.